The maximum Gasteiger partial charge on any atom is 0.323 e. The summed E-state index contributed by atoms with van der Waals surface area (Å²) >= 11 is 6.26. The maximum atomic E-state index is 14.5. The molecular formula is C26H24ClFN6O2. The summed E-state index contributed by atoms with van der Waals surface area (Å²) in [5.41, 5.74) is 2.96. The second-order valence-corrected chi connectivity index (χ2v) is 8.92. The van der Waals surface area contributed by atoms with Crippen LogP contribution in [0.4, 0.5) is 26.2 Å². The highest BCUT2D eigenvalue weighted by atomic mass is 35.5. The van der Waals surface area contributed by atoms with Gasteiger partial charge in [-0.2, -0.15) is 5.10 Å². The van der Waals surface area contributed by atoms with Gasteiger partial charge in [-0.15, -0.1) is 0 Å². The van der Waals surface area contributed by atoms with Crippen molar-refractivity contribution in [3.8, 4) is 22.9 Å². The molecule has 2 N–H and O–H groups in total. The number of urea groups is 1. The minimum atomic E-state index is -0.600. The van der Waals surface area contributed by atoms with E-state index in [4.69, 9.17) is 16.3 Å². The van der Waals surface area contributed by atoms with Crippen LogP contribution in [0, 0.1) is 5.82 Å². The van der Waals surface area contributed by atoms with Crippen LogP contribution in [-0.2, 0) is 7.05 Å². The number of pyridine rings is 1. The number of halogens is 2. The van der Waals surface area contributed by atoms with E-state index in [1.54, 1.807) is 23.0 Å². The summed E-state index contributed by atoms with van der Waals surface area (Å²) in [7, 11) is 1.83. The van der Waals surface area contributed by atoms with E-state index >= 15 is 0 Å². The Morgan fingerprint density at radius 2 is 1.92 bits per heavy atom. The van der Waals surface area contributed by atoms with Crippen LogP contribution in [0.5, 0.6) is 11.6 Å². The molecule has 5 rings (SSSR count). The highest BCUT2D eigenvalue weighted by Gasteiger charge is 2.15. The molecule has 184 valence electrons. The van der Waals surface area contributed by atoms with Crippen LogP contribution in [0.25, 0.3) is 11.3 Å². The average molecular weight is 507 g/mol. The Bertz CT molecular complexity index is 1400. The number of benzene rings is 2. The summed E-state index contributed by atoms with van der Waals surface area (Å²) in [6.45, 7) is 1.90. The molecule has 2 amide bonds. The number of rotatable bonds is 6. The normalized spacial score (nSPS) is 13.0. The fourth-order valence-corrected chi connectivity index (χ4v) is 4.29. The van der Waals surface area contributed by atoms with Crippen LogP contribution in [0.2, 0.25) is 5.02 Å². The number of aromatic nitrogens is 3. The first kappa shape index (κ1) is 23.6. The fourth-order valence-electron chi connectivity index (χ4n) is 4.06. The van der Waals surface area contributed by atoms with Gasteiger partial charge in [-0.1, -0.05) is 17.7 Å². The number of nitrogens with one attached hydrogen (secondary N) is 2. The van der Waals surface area contributed by atoms with Crippen LogP contribution in [-0.4, -0.2) is 33.9 Å². The van der Waals surface area contributed by atoms with Gasteiger partial charge in [0.05, 0.1) is 17.6 Å². The SMILES string of the molecule is Cn1cc(-c2cccc(Oc3ccc(F)c(NC(=O)Nc4cc(Cl)cc(N5CCCC5)c4)c3)n2)cn1. The van der Waals surface area contributed by atoms with Crippen molar-refractivity contribution in [3.05, 3.63) is 77.8 Å². The lowest BCUT2D eigenvalue weighted by Crippen LogP contribution is -2.21. The van der Waals surface area contributed by atoms with Crippen LogP contribution in [0.3, 0.4) is 0 Å². The van der Waals surface area contributed by atoms with Crippen molar-refractivity contribution in [1.82, 2.24) is 14.8 Å². The van der Waals surface area contributed by atoms with Crippen molar-refractivity contribution in [2.75, 3.05) is 28.6 Å². The zero-order valence-electron chi connectivity index (χ0n) is 19.5. The summed E-state index contributed by atoms with van der Waals surface area (Å²) in [6, 6.07) is 14.2. The van der Waals surface area contributed by atoms with E-state index in [0.29, 0.717) is 28.0 Å². The minimum absolute atomic E-state index is 0.0322. The molecule has 2 aromatic heterocycles. The summed E-state index contributed by atoms with van der Waals surface area (Å²) < 4.78 is 22.0. The number of amides is 2. The quantitative estimate of drug-likeness (QED) is 0.320. The molecule has 36 heavy (non-hydrogen) atoms. The molecule has 0 bridgehead atoms. The van der Waals surface area contributed by atoms with E-state index in [-0.39, 0.29) is 5.69 Å². The lowest BCUT2D eigenvalue weighted by Gasteiger charge is -2.19. The summed E-state index contributed by atoms with van der Waals surface area (Å²) in [5, 5.41) is 9.94. The average Bonchev–Trinajstić information content (AvgIpc) is 3.53. The number of hydrogen-bond acceptors (Lipinski definition) is 5. The lowest BCUT2D eigenvalue weighted by molar-refractivity contribution is 0.262. The van der Waals surface area contributed by atoms with Gasteiger partial charge in [-0.3, -0.25) is 4.68 Å². The van der Waals surface area contributed by atoms with Crippen LogP contribution in [0.1, 0.15) is 12.8 Å². The van der Waals surface area contributed by atoms with E-state index in [0.717, 1.165) is 37.2 Å². The zero-order valence-corrected chi connectivity index (χ0v) is 20.3. The van der Waals surface area contributed by atoms with E-state index in [1.807, 2.05) is 37.5 Å². The summed E-state index contributed by atoms with van der Waals surface area (Å²) in [4.78, 5) is 19.3. The van der Waals surface area contributed by atoms with Gasteiger partial charge in [-0.25, -0.2) is 14.2 Å². The van der Waals surface area contributed by atoms with Gasteiger partial charge in [0.1, 0.15) is 11.6 Å². The number of nitrogens with zero attached hydrogens (tertiary/aromatic N) is 4. The third-order valence-electron chi connectivity index (χ3n) is 5.74. The predicted molar refractivity (Wildman–Crippen MR) is 138 cm³/mol. The van der Waals surface area contributed by atoms with Gasteiger partial charge in [0.2, 0.25) is 5.88 Å². The summed E-state index contributed by atoms with van der Waals surface area (Å²) in [5.74, 6) is 0.0479. The van der Waals surface area contributed by atoms with Crippen molar-refractivity contribution < 1.29 is 13.9 Å². The minimum Gasteiger partial charge on any atom is -0.439 e. The molecule has 1 aliphatic rings. The fraction of sp³-hybridized carbons (Fsp3) is 0.192. The van der Waals surface area contributed by atoms with Crippen molar-refractivity contribution in [2.45, 2.75) is 12.8 Å². The van der Waals surface area contributed by atoms with E-state index in [9.17, 15) is 9.18 Å². The predicted octanol–water partition coefficient (Wildman–Crippen LogP) is 6.31. The molecule has 1 aliphatic heterocycles. The Morgan fingerprint density at radius 1 is 1.08 bits per heavy atom. The first-order valence-electron chi connectivity index (χ1n) is 11.5. The van der Waals surface area contributed by atoms with Gasteiger partial charge < -0.3 is 20.3 Å². The van der Waals surface area contributed by atoms with Crippen molar-refractivity contribution in [1.29, 1.82) is 0 Å². The second-order valence-electron chi connectivity index (χ2n) is 8.48. The molecule has 1 fully saturated rings. The molecule has 0 aliphatic carbocycles. The van der Waals surface area contributed by atoms with Crippen molar-refractivity contribution in [3.63, 3.8) is 0 Å². The number of aryl methyl sites for hydroxylation is 1. The molecule has 1 saturated heterocycles. The number of carbonyl (C=O) groups is 1. The Kier molecular flexibility index (Phi) is 6.73. The molecule has 0 radical (unpaired) electrons. The monoisotopic (exact) mass is 506 g/mol. The second kappa shape index (κ2) is 10.2. The van der Waals surface area contributed by atoms with E-state index in [2.05, 4.69) is 25.6 Å². The molecule has 4 aromatic rings. The molecule has 8 nitrogen and oxygen atoms in total. The first-order chi connectivity index (χ1) is 17.4. The van der Waals surface area contributed by atoms with E-state index in [1.165, 1.54) is 18.2 Å². The largest absolute Gasteiger partial charge is 0.439 e. The van der Waals surface area contributed by atoms with Gasteiger partial charge >= 0.3 is 6.03 Å². The first-order valence-corrected chi connectivity index (χ1v) is 11.9. The molecule has 10 heteroatoms. The lowest BCUT2D eigenvalue weighted by atomic mass is 10.2. The van der Waals surface area contributed by atoms with Gasteiger partial charge in [-0.05, 0) is 49.2 Å². The summed E-state index contributed by atoms with van der Waals surface area (Å²) in [6.07, 6.45) is 5.80. The molecule has 3 heterocycles. The molecule has 0 saturated carbocycles. The van der Waals surface area contributed by atoms with Crippen molar-refractivity contribution in [2.24, 2.45) is 7.05 Å². The van der Waals surface area contributed by atoms with Crippen LogP contribution >= 0.6 is 11.6 Å². The maximum absolute atomic E-state index is 14.5. The zero-order chi connectivity index (χ0) is 25.1. The molecular weight excluding hydrogens is 483 g/mol. The number of ether oxygens (including phenoxy) is 1. The smallest absolute Gasteiger partial charge is 0.323 e. The Morgan fingerprint density at radius 3 is 2.69 bits per heavy atom. The van der Waals surface area contributed by atoms with E-state index < -0.39 is 11.8 Å². The topological polar surface area (TPSA) is 84.3 Å². The van der Waals surface area contributed by atoms with Gasteiger partial charge in [0.15, 0.2) is 0 Å². The third-order valence-corrected chi connectivity index (χ3v) is 5.96. The van der Waals surface area contributed by atoms with Crippen LogP contribution in [0.15, 0.2) is 67.0 Å². The van der Waals surface area contributed by atoms with Crippen molar-refractivity contribution >= 4 is 34.7 Å². The third kappa shape index (κ3) is 5.58. The highest BCUT2D eigenvalue weighted by Crippen LogP contribution is 2.29. The standard InChI is InChI=1S/C26H24ClFN6O2/c1-33-16-17(15-29-33)23-5-4-6-25(31-23)36-21-7-8-22(28)24(14-21)32-26(35)30-19-11-18(27)12-20(13-19)34-9-2-3-10-34/h4-8,11-16H,2-3,9-10H2,1H3,(H2,30,32,35). The Balaban J connectivity index is 1.28. The number of hydrogen-bond donors (Lipinski definition) is 2. The molecule has 0 atom stereocenters. The molecule has 0 spiro atoms. The number of anilines is 3. The Labute approximate surface area is 212 Å². The van der Waals surface area contributed by atoms with Gasteiger partial charge in [0.25, 0.3) is 0 Å². The number of carbonyl (C=O) groups excluding carboxylic acids is 1. The van der Waals surface area contributed by atoms with Crippen LogP contribution < -0.4 is 20.3 Å². The molecule has 2 aromatic carbocycles. The Hall–Kier alpha value is -4.11. The molecule has 0 unspecified atom stereocenters. The van der Waals surface area contributed by atoms with Gasteiger partial charge in [0, 0.05) is 60.4 Å². The highest BCUT2D eigenvalue weighted by molar-refractivity contribution is 6.31.